The van der Waals surface area contributed by atoms with Crippen LogP contribution in [0.5, 0.6) is 0 Å². The van der Waals surface area contributed by atoms with Crippen molar-refractivity contribution < 1.29 is 0 Å². The van der Waals surface area contributed by atoms with Gasteiger partial charge in [0, 0.05) is 11.8 Å². The second kappa shape index (κ2) is 6.44. The number of hydrogen-bond donors (Lipinski definition) is 0. The van der Waals surface area contributed by atoms with E-state index in [1.807, 2.05) is 30.0 Å². The summed E-state index contributed by atoms with van der Waals surface area (Å²) in [6.45, 7) is 2.06. The Labute approximate surface area is 149 Å². The van der Waals surface area contributed by atoms with Gasteiger partial charge in [-0.15, -0.1) is 0 Å². The fourth-order valence-electron chi connectivity index (χ4n) is 4.70. The summed E-state index contributed by atoms with van der Waals surface area (Å²) in [6, 6.07) is 8.75. The first-order valence-electron chi connectivity index (χ1n) is 9.23. The Hall–Kier alpha value is -1.47. The van der Waals surface area contributed by atoms with Gasteiger partial charge >= 0.3 is 0 Å². The highest BCUT2D eigenvalue weighted by Gasteiger charge is 2.49. The Kier molecular flexibility index (Phi) is 4.30. The number of nitrogens with zero attached hydrogens (tertiary/aromatic N) is 3. The van der Waals surface area contributed by atoms with Crippen LogP contribution >= 0.6 is 11.8 Å². The summed E-state index contributed by atoms with van der Waals surface area (Å²) in [4.78, 5) is 7.81. The average molecular weight is 340 g/mol. The quantitative estimate of drug-likeness (QED) is 0.747. The molecule has 1 saturated heterocycles. The van der Waals surface area contributed by atoms with Crippen LogP contribution in [0.4, 0.5) is 5.69 Å². The molecule has 0 aromatic heterocycles. The summed E-state index contributed by atoms with van der Waals surface area (Å²) in [5.74, 6) is 1.21. The Morgan fingerprint density at radius 3 is 2.62 bits per heavy atom. The van der Waals surface area contributed by atoms with Gasteiger partial charge < -0.3 is 4.90 Å². The lowest BCUT2D eigenvalue weighted by atomic mass is 9.95. The predicted octanol–water partition coefficient (Wildman–Crippen LogP) is 5.16. The molecule has 1 spiro atoms. The zero-order valence-corrected chi connectivity index (χ0v) is 15.2. The van der Waals surface area contributed by atoms with Crippen molar-refractivity contribution in [2.75, 3.05) is 5.75 Å². The number of benzene rings is 1. The van der Waals surface area contributed by atoms with Crippen molar-refractivity contribution in [3.05, 3.63) is 29.3 Å². The Morgan fingerprint density at radius 1 is 1.21 bits per heavy atom. The summed E-state index contributed by atoms with van der Waals surface area (Å²) < 4.78 is 0. The van der Waals surface area contributed by atoms with Crippen molar-refractivity contribution in [2.45, 2.75) is 69.9 Å². The fraction of sp³-hybridized carbons (Fsp3) is 0.600. The molecule has 4 heteroatoms. The van der Waals surface area contributed by atoms with Gasteiger partial charge in [-0.2, -0.15) is 5.26 Å². The summed E-state index contributed by atoms with van der Waals surface area (Å²) in [7, 11) is 0. The van der Waals surface area contributed by atoms with Crippen molar-refractivity contribution in [2.24, 2.45) is 4.99 Å². The maximum Gasteiger partial charge on any atom is 0.165 e. The van der Waals surface area contributed by atoms with Gasteiger partial charge in [0.15, 0.2) is 5.17 Å². The van der Waals surface area contributed by atoms with Crippen LogP contribution in [0.1, 0.15) is 62.5 Å². The fourth-order valence-corrected chi connectivity index (χ4v) is 6.18. The molecule has 3 fully saturated rings. The highest BCUT2D eigenvalue weighted by molar-refractivity contribution is 8.14. The van der Waals surface area contributed by atoms with E-state index in [9.17, 15) is 0 Å². The summed E-state index contributed by atoms with van der Waals surface area (Å²) in [5.41, 5.74) is 3.21. The van der Waals surface area contributed by atoms with E-state index in [1.54, 1.807) is 0 Å². The van der Waals surface area contributed by atoms with Crippen molar-refractivity contribution in [3.63, 3.8) is 0 Å². The third-order valence-corrected chi connectivity index (χ3v) is 7.18. The molecule has 0 radical (unpaired) electrons. The first-order chi connectivity index (χ1) is 11.7. The molecule has 1 aliphatic heterocycles. The topological polar surface area (TPSA) is 39.4 Å². The van der Waals surface area contributed by atoms with Crippen LogP contribution in [0, 0.1) is 18.3 Å². The van der Waals surface area contributed by atoms with E-state index in [0.717, 1.165) is 16.8 Å². The average Bonchev–Trinajstić information content (AvgIpc) is 3.32. The standard InChI is InChI=1S/C20H25N3S/c1-15-12-16(13-21)8-9-18(15)22-19-23(17-6-2-3-7-17)20(14-24-19)10-4-5-11-20/h8-9,12,17H,2-7,10-11,14H2,1H3. The second-order valence-corrected chi connectivity index (χ2v) is 8.48. The van der Waals surface area contributed by atoms with Crippen LogP contribution in [-0.4, -0.2) is 27.4 Å². The first kappa shape index (κ1) is 16.0. The normalized spacial score (nSPS) is 25.0. The number of amidine groups is 1. The van der Waals surface area contributed by atoms with Gasteiger partial charge in [-0.3, -0.25) is 0 Å². The second-order valence-electron chi connectivity index (χ2n) is 7.54. The van der Waals surface area contributed by atoms with Crippen molar-refractivity contribution in [1.29, 1.82) is 5.26 Å². The van der Waals surface area contributed by atoms with Gasteiger partial charge in [-0.25, -0.2) is 4.99 Å². The molecule has 0 N–H and O–H groups in total. The Morgan fingerprint density at radius 2 is 1.96 bits per heavy atom. The van der Waals surface area contributed by atoms with E-state index in [2.05, 4.69) is 17.9 Å². The molecule has 2 aliphatic carbocycles. The summed E-state index contributed by atoms with van der Waals surface area (Å²) >= 11 is 1.96. The number of hydrogen-bond acceptors (Lipinski definition) is 3. The number of thioether (sulfide) groups is 1. The SMILES string of the molecule is Cc1cc(C#N)ccc1N=C1SCC2(CCCC2)N1C1CCCC1. The molecule has 0 atom stereocenters. The third kappa shape index (κ3) is 2.73. The Bertz CT molecular complexity index is 691. The largest absolute Gasteiger partial charge is 0.342 e. The third-order valence-electron chi connectivity index (χ3n) is 5.95. The molecule has 1 aromatic carbocycles. The van der Waals surface area contributed by atoms with Gasteiger partial charge in [0.05, 0.1) is 22.9 Å². The lowest BCUT2D eigenvalue weighted by Gasteiger charge is -2.40. The molecule has 1 aromatic rings. The van der Waals surface area contributed by atoms with Gasteiger partial charge in [-0.05, 0) is 56.4 Å². The number of nitriles is 1. The van der Waals surface area contributed by atoms with E-state index in [-0.39, 0.29) is 0 Å². The van der Waals surface area contributed by atoms with Gasteiger partial charge in [-0.1, -0.05) is 37.4 Å². The molecule has 24 heavy (non-hydrogen) atoms. The monoisotopic (exact) mass is 339 g/mol. The van der Waals surface area contributed by atoms with Crippen molar-refractivity contribution >= 4 is 22.6 Å². The molecule has 3 nitrogen and oxygen atoms in total. The van der Waals surface area contributed by atoms with Crippen LogP contribution in [0.25, 0.3) is 0 Å². The lowest BCUT2D eigenvalue weighted by Crippen LogP contribution is -2.50. The molecule has 4 rings (SSSR count). The minimum Gasteiger partial charge on any atom is -0.342 e. The van der Waals surface area contributed by atoms with Crippen LogP contribution in [0.3, 0.4) is 0 Å². The van der Waals surface area contributed by atoms with E-state index in [0.29, 0.717) is 11.6 Å². The van der Waals surface area contributed by atoms with Crippen LogP contribution in [0.15, 0.2) is 23.2 Å². The smallest absolute Gasteiger partial charge is 0.165 e. The van der Waals surface area contributed by atoms with Crippen LogP contribution < -0.4 is 0 Å². The number of aryl methyl sites for hydroxylation is 1. The lowest BCUT2D eigenvalue weighted by molar-refractivity contribution is 0.163. The van der Waals surface area contributed by atoms with Gasteiger partial charge in [0.25, 0.3) is 0 Å². The molecule has 1 heterocycles. The van der Waals surface area contributed by atoms with Crippen LogP contribution in [-0.2, 0) is 0 Å². The summed E-state index contributed by atoms with van der Waals surface area (Å²) in [6.07, 6.45) is 10.8. The molecule has 2 saturated carbocycles. The number of aliphatic imine (C=N–C) groups is 1. The van der Waals surface area contributed by atoms with Crippen molar-refractivity contribution in [3.8, 4) is 6.07 Å². The van der Waals surface area contributed by atoms with Gasteiger partial charge in [0.2, 0.25) is 0 Å². The maximum absolute atomic E-state index is 9.06. The number of rotatable bonds is 2. The zero-order valence-electron chi connectivity index (χ0n) is 14.4. The summed E-state index contributed by atoms with van der Waals surface area (Å²) in [5, 5.41) is 10.3. The Balaban J connectivity index is 1.69. The van der Waals surface area contributed by atoms with Gasteiger partial charge in [0.1, 0.15) is 0 Å². The first-order valence-corrected chi connectivity index (χ1v) is 10.2. The van der Waals surface area contributed by atoms with E-state index in [4.69, 9.17) is 10.3 Å². The molecule has 0 bridgehead atoms. The van der Waals surface area contributed by atoms with Crippen LogP contribution in [0.2, 0.25) is 0 Å². The molecule has 126 valence electrons. The van der Waals surface area contributed by atoms with E-state index in [1.165, 1.54) is 62.3 Å². The highest BCUT2D eigenvalue weighted by atomic mass is 32.2. The minimum atomic E-state index is 0.374. The molecule has 3 aliphatic rings. The highest BCUT2D eigenvalue weighted by Crippen LogP contribution is 2.48. The molecule has 0 unspecified atom stereocenters. The zero-order chi connectivity index (χ0) is 16.6. The predicted molar refractivity (Wildman–Crippen MR) is 101 cm³/mol. The van der Waals surface area contributed by atoms with Crippen molar-refractivity contribution in [1.82, 2.24) is 4.90 Å². The molecule has 0 amide bonds. The molecular formula is C20H25N3S. The van der Waals surface area contributed by atoms with E-state index >= 15 is 0 Å². The van der Waals surface area contributed by atoms with E-state index < -0.39 is 0 Å². The molecular weight excluding hydrogens is 314 g/mol. The maximum atomic E-state index is 9.06. The minimum absolute atomic E-state index is 0.374.